The molecule has 17 heavy (non-hydrogen) atoms. The van der Waals surface area contributed by atoms with Crippen molar-refractivity contribution in [2.45, 2.75) is 26.4 Å². The van der Waals surface area contributed by atoms with E-state index in [9.17, 15) is 0 Å². The maximum absolute atomic E-state index is 4.36. The molecule has 0 aliphatic rings. The van der Waals surface area contributed by atoms with Gasteiger partial charge >= 0.3 is 0 Å². The highest BCUT2D eigenvalue weighted by molar-refractivity contribution is 4.99. The number of nitrogens with one attached hydrogen (secondary N) is 1. The minimum atomic E-state index is 0.768. The zero-order valence-electron chi connectivity index (χ0n) is 10.4. The van der Waals surface area contributed by atoms with E-state index in [0.717, 1.165) is 37.6 Å². The molecule has 0 atom stereocenters. The van der Waals surface area contributed by atoms with E-state index < -0.39 is 0 Å². The van der Waals surface area contributed by atoms with Gasteiger partial charge in [0.2, 0.25) is 0 Å². The molecule has 0 aromatic carbocycles. The van der Waals surface area contributed by atoms with E-state index in [0.29, 0.717) is 0 Å². The van der Waals surface area contributed by atoms with Crippen molar-refractivity contribution < 1.29 is 0 Å². The van der Waals surface area contributed by atoms with Crippen molar-refractivity contribution in [2.75, 3.05) is 6.54 Å². The van der Waals surface area contributed by atoms with E-state index in [1.54, 1.807) is 0 Å². The Morgan fingerprint density at radius 2 is 2.24 bits per heavy atom. The number of aromatic nitrogens is 4. The van der Waals surface area contributed by atoms with Crippen LogP contribution in [0.15, 0.2) is 24.9 Å². The minimum absolute atomic E-state index is 0.768. The zero-order valence-corrected chi connectivity index (χ0v) is 10.4. The van der Waals surface area contributed by atoms with Crippen LogP contribution in [0.2, 0.25) is 0 Å². The van der Waals surface area contributed by atoms with Gasteiger partial charge < -0.3 is 14.5 Å². The van der Waals surface area contributed by atoms with E-state index >= 15 is 0 Å². The minimum Gasteiger partial charge on any atom is -0.337 e. The molecule has 0 fully saturated rings. The lowest BCUT2D eigenvalue weighted by molar-refractivity contribution is 0.664. The van der Waals surface area contributed by atoms with Crippen LogP contribution in [0.4, 0.5) is 0 Å². The van der Waals surface area contributed by atoms with Crippen LogP contribution < -0.4 is 5.32 Å². The number of rotatable bonds is 6. The predicted octanol–water partition coefficient (Wildman–Crippen LogP) is 1.16. The van der Waals surface area contributed by atoms with Gasteiger partial charge in [-0.05, 0) is 13.0 Å². The smallest absolute Gasteiger partial charge is 0.128 e. The van der Waals surface area contributed by atoms with Crippen LogP contribution in [0, 0.1) is 0 Å². The Balaban J connectivity index is 1.92. The van der Waals surface area contributed by atoms with Crippen molar-refractivity contribution >= 4 is 0 Å². The molecule has 1 N–H and O–H groups in total. The van der Waals surface area contributed by atoms with E-state index in [-0.39, 0.29) is 0 Å². The summed E-state index contributed by atoms with van der Waals surface area (Å²) in [5.74, 6) is 1.04. The lowest BCUT2D eigenvalue weighted by Crippen LogP contribution is -2.13. The van der Waals surface area contributed by atoms with Gasteiger partial charge in [0.05, 0.1) is 18.6 Å². The first-order valence-electron chi connectivity index (χ1n) is 5.97. The molecule has 5 heteroatoms. The van der Waals surface area contributed by atoms with Crippen molar-refractivity contribution in [1.29, 1.82) is 0 Å². The van der Waals surface area contributed by atoms with Gasteiger partial charge in [0.25, 0.3) is 0 Å². The van der Waals surface area contributed by atoms with Crippen LogP contribution in [0.3, 0.4) is 0 Å². The Bertz CT molecular complexity index is 457. The Labute approximate surface area is 102 Å². The molecule has 2 aromatic heterocycles. The molecule has 0 amide bonds. The Kier molecular flexibility index (Phi) is 3.93. The van der Waals surface area contributed by atoms with E-state index in [4.69, 9.17) is 0 Å². The van der Waals surface area contributed by atoms with Crippen LogP contribution in [-0.2, 0) is 20.1 Å². The van der Waals surface area contributed by atoms with Gasteiger partial charge in [0.1, 0.15) is 5.82 Å². The highest BCUT2D eigenvalue weighted by Crippen LogP contribution is 2.01. The molecule has 0 unspecified atom stereocenters. The van der Waals surface area contributed by atoms with Gasteiger partial charge in [-0.1, -0.05) is 6.92 Å². The molecule has 0 radical (unpaired) electrons. The van der Waals surface area contributed by atoms with Crippen LogP contribution in [-0.4, -0.2) is 25.6 Å². The van der Waals surface area contributed by atoms with Crippen molar-refractivity contribution in [3.63, 3.8) is 0 Å². The predicted molar refractivity (Wildman–Crippen MR) is 66.5 cm³/mol. The van der Waals surface area contributed by atoms with Crippen LogP contribution in [0.1, 0.15) is 24.9 Å². The molecule has 0 saturated carbocycles. The second-order valence-electron chi connectivity index (χ2n) is 4.17. The average molecular weight is 233 g/mol. The molecule has 0 bridgehead atoms. The molecule has 0 aliphatic carbocycles. The molecular formula is C12H19N5. The molecule has 2 aromatic rings. The van der Waals surface area contributed by atoms with Crippen LogP contribution in [0.5, 0.6) is 0 Å². The largest absolute Gasteiger partial charge is 0.337 e. The molecule has 5 nitrogen and oxygen atoms in total. The number of imidazole rings is 2. The highest BCUT2D eigenvalue weighted by Gasteiger charge is 2.02. The maximum Gasteiger partial charge on any atom is 0.128 e. The van der Waals surface area contributed by atoms with E-state index in [1.807, 2.05) is 30.3 Å². The Morgan fingerprint density at radius 3 is 2.94 bits per heavy atom. The zero-order chi connectivity index (χ0) is 12.1. The normalized spacial score (nSPS) is 10.9. The monoisotopic (exact) mass is 233 g/mol. The first-order chi connectivity index (χ1) is 8.29. The quantitative estimate of drug-likeness (QED) is 0.762. The van der Waals surface area contributed by atoms with Crippen molar-refractivity contribution in [1.82, 2.24) is 24.4 Å². The number of hydrogen-bond acceptors (Lipinski definition) is 3. The summed E-state index contributed by atoms with van der Waals surface area (Å²) in [6, 6.07) is 0. The van der Waals surface area contributed by atoms with Crippen LogP contribution >= 0.6 is 0 Å². The third-order valence-electron chi connectivity index (χ3n) is 2.66. The van der Waals surface area contributed by atoms with Crippen molar-refractivity contribution in [3.05, 3.63) is 36.4 Å². The summed E-state index contributed by atoms with van der Waals surface area (Å²) in [6.45, 7) is 4.80. The summed E-state index contributed by atoms with van der Waals surface area (Å²) in [5, 5.41) is 3.34. The fourth-order valence-corrected chi connectivity index (χ4v) is 1.69. The Hall–Kier alpha value is -1.62. The first-order valence-corrected chi connectivity index (χ1v) is 5.97. The SMILES string of the molecule is CCCNCc1cn(Cc2nccn2C)cn1. The fourth-order valence-electron chi connectivity index (χ4n) is 1.69. The number of hydrogen-bond donors (Lipinski definition) is 1. The maximum atomic E-state index is 4.36. The van der Waals surface area contributed by atoms with Crippen molar-refractivity contribution in [3.8, 4) is 0 Å². The van der Waals surface area contributed by atoms with Gasteiger partial charge in [-0.15, -0.1) is 0 Å². The number of aryl methyl sites for hydroxylation is 1. The van der Waals surface area contributed by atoms with Gasteiger partial charge in [-0.3, -0.25) is 0 Å². The van der Waals surface area contributed by atoms with Gasteiger partial charge in [-0.25, -0.2) is 9.97 Å². The van der Waals surface area contributed by atoms with Crippen molar-refractivity contribution in [2.24, 2.45) is 7.05 Å². The molecule has 0 aliphatic heterocycles. The molecule has 92 valence electrons. The summed E-state index contributed by atoms with van der Waals surface area (Å²) in [4.78, 5) is 8.66. The summed E-state index contributed by atoms with van der Waals surface area (Å²) in [6.07, 6.45) is 8.84. The van der Waals surface area contributed by atoms with Gasteiger partial charge in [-0.2, -0.15) is 0 Å². The first kappa shape index (κ1) is 11.9. The van der Waals surface area contributed by atoms with Gasteiger partial charge in [0, 0.05) is 32.2 Å². The number of nitrogens with zero attached hydrogens (tertiary/aromatic N) is 4. The second kappa shape index (κ2) is 5.63. The Morgan fingerprint density at radius 1 is 1.35 bits per heavy atom. The lowest BCUT2D eigenvalue weighted by Gasteiger charge is -2.02. The fraction of sp³-hybridized carbons (Fsp3) is 0.500. The lowest BCUT2D eigenvalue weighted by atomic mass is 10.4. The second-order valence-corrected chi connectivity index (χ2v) is 4.17. The van der Waals surface area contributed by atoms with Gasteiger partial charge in [0.15, 0.2) is 0 Å². The van der Waals surface area contributed by atoms with E-state index in [2.05, 4.69) is 33.0 Å². The standard InChI is InChI=1S/C12H19N5/c1-3-4-13-7-11-8-17(10-15-11)9-12-14-5-6-16(12)2/h5-6,8,10,13H,3-4,7,9H2,1-2H3. The molecule has 0 saturated heterocycles. The molecular weight excluding hydrogens is 214 g/mol. The summed E-state index contributed by atoms with van der Waals surface area (Å²) >= 11 is 0. The summed E-state index contributed by atoms with van der Waals surface area (Å²) in [5.41, 5.74) is 1.08. The average Bonchev–Trinajstić information content (AvgIpc) is 2.91. The molecule has 0 spiro atoms. The third kappa shape index (κ3) is 3.17. The summed E-state index contributed by atoms with van der Waals surface area (Å²) in [7, 11) is 2.00. The van der Waals surface area contributed by atoms with E-state index in [1.165, 1.54) is 0 Å². The summed E-state index contributed by atoms with van der Waals surface area (Å²) < 4.78 is 4.08. The van der Waals surface area contributed by atoms with Crippen LogP contribution in [0.25, 0.3) is 0 Å². The molecule has 2 heterocycles. The highest BCUT2D eigenvalue weighted by atomic mass is 15.1. The molecule has 2 rings (SSSR count). The third-order valence-corrected chi connectivity index (χ3v) is 2.66. The topological polar surface area (TPSA) is 47.7 Å².